The molecule has 0 radical (unpaired) electrons. The summed E-state index contributed by atoms with van der Waals surface area (Å²) < 4.78 is 6.10. The fourth-order valence-electron chi connectivity index (χ4n) is 8.05. The van der Waals surface area contributed by atoms with E-state index >= 15 is 0 Å². The molecule has 2 atom stereocenters. The summed E-state index contributed by atoms with van der Waals surface area (Å²) in [5.74, 6) is 1.90. The molecule has 2 aromatic carbocycles. The van der Waals surface area contributed by atoms with Crippen LogP contribution >= 0.6 is 0 Å². The summed E-state index contributed by atoms with van der Waals surface area (Å²) in [7, 11) is 0. The average Bonchev–Trinajstić information content (AvgIpc) is 3.28. The molecule has 6 rings (SSSR count). The number of carbonyl (C=O) groups is 3. The van der Waals surface area contributed by atoms with Crippen molar-refractivity contribution >= 4 is 29.7 Å². The highest BCUT2D eigenvalue weighted by molar-refractivity contribution is 5.91. The van der Waals surface area contributed by atoms with Crippen molar-refractivity contribution in [3.05, 3.63) is 70.4 Å². The van der Waals surface area contributed by atoms with Crippen LogP contribution in [-0.2, 0) is 32.0 Å². The second-order valence-corrected chi connectivity index (χ2v) is 15.7. The van der Waals surface area contributed by atoms with Crippen molar-refractivity contribution in [3.8, 4) is 0 Å². The molecule has 0 aliphatic carbocycles. The number of piperazine rings is 1. The van der Waals surface area contributed by atoms with E-state index in [0.717, 1.165) is 40.8 Å². The van der Waals surface area contributed by atoms with Gasteiger partial charge in [0.2, 0.25) is 0 Å². The number of ether oxygens (including phenoxy) is 1. The molecule has 3 saturated heterocycles. The van der Waals surface area contributed by atoms with Crippen LogP contribution in [0.3, 0.4) is 0 Å². The van der Waals surface area contributed by atoms with Crippen molar-refractivity contribution in [2.45, 2.75) is 96.9 Å². The zero-order chi connectivity index (χ0) is 37.0. The topological polar surface area (TPSA) is 115 Å². The molecular formula is C40H54N6O6. The number of fused-ring (bicyclic) bond motifs is 1. The van der Waals surface area contributed by atoms with Crippen molar-refractivity contribution in [1.82, 2.24) is 24.7 Å². The molecule has 12 nitrogen and oxygen atoms in total. The van der Waals surface area contributed by atoms with Gasteiger partial charge in [0, 0.05) is 83.0 Å². The highest BCUT2D eigenvalue weighted by atomic mass is 16.7. The second-order valence-electron chi connectivity index (χ2n) is 15.7. The quantitative estimate of drug-likeness (QED) is 0.401. The van der Waals surface area contributed by atoms with Crippen molar-refractivity contribution < 1.29 is 28.8 Å². The number of hydrogen-bond acceptors (Lipinski definition) is 8. The normalized spacial score (nSPS) is 21.2. The highest BCUT2D eigenvalue weighted by Crippen LogP contribution is 2.28. The number of urea groups is 1. The molecule has 52 heavy (non-hydrogen) atoms. The summed E-state index contributed by atoms with van der Waals surface area (Å²) in [5.41, 5.74) is 5.22. The van der Waals surface area contributed by atoms with Crippen molar-refractivity contribution in [2.24, 2.45) is 0 Å². The standard InChI is InChI=1S/C40H54N6O6/c1-28-22-29(2)24-30(23-28)25-36(37(48)43-20-18-42(19-21-43)33-13-17-46(34(26-33)27-47)52-40(3,4)5)51-39(50)44-14-11-32(12-15-44)45-16-10-31-8-6-7-9-35(31)41-38(45)49/h6-9,22-24,32-33,36H,10-21,25-26H2,1-5H3,(H,41,49)/t33?,36-/m1/s1. The van der Waals surface area contributed by atoms with Crippen LogP contribution in [0.15, 0.2) is 48.2 Å². The van der Waals surface area contributed by atoms with Gasteiger partial charge < -0.3 is 24.8 Å². The number of benzene rings is 2. The lowest BCUT2D eigenvalue weighted by atomic mass is 10.00. The molecule has 0 saturated carbocycles. The monoisotopic (exact) mass is 714 g/mol. The first kappa shape index (κ1) is 37.4. The smallest absolute Gasteiger partial charge is 0.410 e. The lowest BCUT2D eigenvalue weighted by Gasteiger charge is -2.44. The maximum atomic E-state index is 14.2. The van der Waals surface area contributed by atoms with E-state index in [0.29, 0.717) is 77.3 Å². The molecule has 0 spiro atoms. The SMILES string of the molecule is Cc1cc(C)cc(C[C@@H](OC(=O)N2CCC(N3CCc4ccccc4NC3=O)CC2)C(=O)N2CCN(C3CCN(OC(C)(C)C)C(=C=O)C3)CC2)c1. The van der Waals surface area contributed by atoms with Gasteiger partial charge in [0.05, 0.1) is 5.60 Å². The Morgan fingerprint density at radius 2 is 1.56 bits per heavy atom. The molecule has 4 heterocycles. The first-order valence-corrected chi connectivity index (χ1v) is 18.8. The third-order valence-corrected chi connectivity index (χ3v) is 10.6. The first-order valence-electron chi connectivity index (χ1n) is 18.8. The van der Waals surface area contributed by atoms with Gasteiger partial charge >= 0.3 is 12.1 Å². The largest absolute Gasteiger partial charge is 0.436 e. The van der Waals surface area contributed by atoms with Gasteiger partial charge in [-0.15, -0.1) is 0 Å². The molecule has 1 unspecified atom stereocenters. The number of hydrogen-bond donors (Lipinski definition) is 1. The molecule has 12 heteroatoms. The minimum atomic E-state index is -0.963. The summed E-state index contributed by atoms with van der Waals surface area (Å²) in [6, 6.07) is 14.1. The maximum absolute atomic E-state index is 14.2. The van der Waals surface area contributed by atoms with Crippen LogP contribution in [0.1, 0.15) is 68.7 Å². The fourth-order valence-corrected chi connectivity index (χ4v) is 8.05. The third-order valence-electron chi connectivity index (χ3n) is 10.6. The molecule has 0 aromatic heterocycles. The number of piperidine rings is 2. The van der Waals surface area contributed by atoms with Crippen LogP contribution in [-0.4, -0.2) is 125 Å². The molecule has 4 aliphatic rings. The molecule has 3 fully saturated rings. The van der Waals surface area contributed by atoms with E-state index in [2.05, 4.69) is 22.2 Å². The summed E-state index contributed by atoms with van der Waals surface area (Å²) in [6.07, 6.45) is 2.27. The Balaban J connectivity index is 1.06. The summed E-state index contributed by atoms with van der Waals surface area (Å²) in [4.78, 5) is 66.5. The first-order chi connectivity index (χ1) is 24.9. The lowest BCUT2D eigenvalue weighted by Crippen LogP contribution is -2.56. The number of rotatable bonds is 7. The Morgan fingerprint density at radius 1 is 0.885 bits per heavy atom. The van der Waals surface area contributed by atoms with E-state index < -0.39 is 17.8 Å². The van der Waals surface area contributed by atoms with E-state index in [4.69, 9.17) is 9.57 Å². The van der Waals surface area contributed by atoms with Crippen molar-refractivity contribution in [3.63, 3.8) is 0 Å². The predicted octanol–water partition coefficient (Wildman–Crippen LogP) is 4.96. The Morgan fingerprint density at radius 3 is 2.23 bits per heavy atom. The number of amides is 4. The van der Waals surface area contributed by atoms with Crippen molar-refractivity contribution in [2.75, 3.05) is 57.7 Å². The Kier molecular flexibility index (Phi) is 11.6. The van der Waals surface area contributed by atoms with Crippen LogP contribution in [0.5, 0.6) is 0 Å². The number of nitrogens with zero attached hydrogens (tertiary/aromatic N) is 5. The number of likely N-dealkylation sites (tertiary alicyclic amines) is 1. The Labute approximate surface area is 307 Å². The zero-order valence-corrected chi connectivity index (χ0v) is 31.4. The minimum Gasteiger partial charge on any atom is -0.436 e. The molecule has 0 bridgehead atoms. The van der Waals surface area contributed by atoms with E-state index in [9.17, 15) is 19.2 Å². The third kappa shape index (κ3) is 9.15. The van der Waals surface area contributed by atoms with Gasteiger partial charge in [-0.25, -0.2) is 19.4 Å². The van der Waals surface area contributed by atoms with Crippen LogP contribution in [0.2, 0.25) is 0 Å². The summed E-state index contributed by atoms with van der Waals surface area (Å²) in [5, 5.41) is 4.74. The van der Waals surface area contributed by atoms with Gasteiger partial charge in [-0.05, 0) is 77.5 Å². The zero-order valence-electron chi connectivity index (χ0n) is 31.4. The Bertz CT molecular complexity index is 1650. The average molecular weight is 715 g/mol. The maximum Gasteiger partial charge on any atom is 0.410 e. The summed E-state index contributed by atoms with van der Waals surface area (Å²) in [6.45, 7) is 14.4. The molecule has 4 aliphatic heterocycles. The lowest BCUT2D eigenvalue weighted by molar-refractivity contribution is -0.216. The van der Waals surface area contributed by atoms with Crippen LogP contribution in [0, 0.1) is 13.8 Å². The van der Waals surface area contributed by atoms with Gasteiger partial charge in [0.25, 0.3) is 5.91 Å². The molecule has 2 aromatic rings. The number of anilines is 1. The number of aryl methyl sites for hydroxylation is 2. The van der Waals surface area contributed by atoms with Gasteiger partial charge in [-0.3, -0.25) is 14.5 Å². The van der Waals surface area contributed by atoms with Gasteiger partial charge in [-0.2, -0.15) is 0 Å². The van der Waals surface area contributed by atoms with E-state index in [1.54, 1.807) is 9.96 Å². The molecular weight excluding hydrogens is 660 g/mol. The minimum absolute atomic E-state index is 0.0127. The highest BCUT2D eigenvalue weighted by Gasteiger charge is 2.37. The molecule has 280 valence electrons. The number of para-hydroxylation sites is 1. The second kappa shape index (κ2) is 16.1. The van der Waals surface area contributed by atoms with Crippen molar-refractivity contribution in [1.29, 1.82) is 0 Å². The van der Waals surface area contributed by atoms with Crippen LogP contribution in [0.25, 0.3) is 0 Å². The molecule has 1 N–H and O–H groups in total. The van der Waals surface area contributed by atoms with Gasteiger partial charge in [0.15, 0.2) is 6.10 Å². The van der Waals surface area contributed by atoms with E-state index in [-0.39, 0.29) is 30.4 Å². The van der Waals surface area contributed by atoms with Crippen LogP contribution < -0.4 is 5.32 Å². The number of carbonyl (C=O) groups excluding carboxylic acids is 4. The number of nitrogens with one attached hydrogen (secondary N) is 1. The predicted molar refractivity (Wildman–Crippen MR) is 198 cm³/mol. The van der Waals surface area contributed by atoms with Crippen LogP contribution in [0.4, 0.5) is 15.3 Å². The van der Waals surface area contributed by atoms with Gasteiger partial charge in [0.1, 0.15) is 11.6 Å². The van der Waals surface area contributed by atoms with E-state index in [1.807, 2.05) is 80.8 Å². The number of hydroxylamine groups is 2. The summed E-state index contributed by atoms with van der Waals surface area (Å²) >= 11 is 0. The Hall–Kier alpha value is -4.38. The molecule has 4 amide bonds. The van der Waals surface area contributed by atoms with E-state index in [1.165, 1.54) is 0 Å². The van der Waals surface area contributed by atoms with Gasteiger partial charge in [-0.1, -0.05) is 47.5 Å². The fraction of sp³-hybridized carbons (Fsp3) is 0.575.